The number of methoxy groups -OCH3 is 1. The van der Waals surface area contributed by atoms with Crippen LogP contribution < -0.4 is 5.32 Å². The van der Waals surface area contributed by atoms with Crippen LogP contribution in [0.1, 0.15) is 19.3 Å². The maximum atomic E-state index is 13.3. The van der Waals surface area contributed by atoms with Crippen LogP contribution in [0.15, 0.2) is 0 Å². The van der Waals surface area contributed by atoms with Crippen LogP contribution in [-0.4, -0.2) is 24.2 Å². The largest absolute Gasteiger partial charge is 0.381 e. The molecular formula is C11H12F4N2O. The van der Waals surface area contributed by atoms with Crippen LogP contribution in [0.25, 0.3) is 0 Å². The number of nitrogens with zero attached hydrogens (tertiary/aromatic N) is 1. The number of ether oxygens (including phenoxy) is 1. The fraction of sp³-hybridized carbons (Fsp3) is 0.545. The van der Waals surface area contributed by atoms with Gasteiger partial charge in [-0.2, -0.15) is 22.5 Å². The number of hydrogen-bond acceptors (Lipinski definition) is 3. The number of pyridine rings is 1. The van der Waals surface area contributed by atoms with Gasteiger partial charge >= 0.3 is 0 Å². The highest BCUT2D eigenvalue weighted by Crippen LogP contribution is 2.28. The Morgan fingerprint density at radius 3 is 2.22 bits per heavy atom. The Kier molecular flexibility index (Phi) is 3.70. The highest BCUT2D eigenvalue weighted by Gasteiger charge is 2.28. The van der Waals surface area contributed by atoms with Gasteiger partial charge in [0.05, 0.1) is 6.10 Å². The van der Waals surface area contributed by atoms with Gasteiger partial charge in [0, 0.05) is 13.2 Å². The lowest BCUT2D eigenvalue weighted by atomic mass is 10.2. The molecule has 3 nitrogen and oxygen atoms in total. The number of hydrogen-bond donors (Lipinski definition) is 1. The SMILES string of the molecule is COC1CCC(Nc2c(F)c(F)nc(F)c2F)C1. The minimum absolute atomic E-state index is 0.00912. The summed E-state index contributed by atoms with van der Waals surface area (Å²) < 4.78 is 57.5. The average molecular weight is 264 g/mol. The molecule has 1 heterocycles. The molecule has 7 heteroatoms. The molecule has 1 fully saturated rings. The van der Waals surface area contributed by atoms with Gasteiger partial charge in [-0.05, 0) is 19.3 Å². The Balaban J connectivity index is 2.19. The molecule has 0 amide bonds. The Morgan fingerprint density at radius 2 is 1.72 bits per heavy atom. The van der Waals surface area contributed by atoms with Crippen LogP contribution in [0.3, 0.4) is 0 Å². The monoisotopic (exact) mass is 264 g/mol. The second kappa shape index (κ2) is 5.09. The van der Waals surface area contributed by atoms with E-state index >= 15 is 0 Å². The van der Waals surface area contributed by atoms with Crippen molar-refractivity contribution in [3.8, 4) is 0 Å². The van der Waals surface area contributed by atoms with Crippen molar-refractivity contribution in [2.24, 2.45) is 0 Å². The fourth-order valence-corrected chi connectivity index (χ4v) is 2.10. The van der Waals surface area contributed by atoms with Crippen molar-refractivity contribution in [3.05, 3.63) is 23.5 Å². The van der Waals surface area contributed by atoms with Crippen LogP contribution in [0.2, 0.25) is 0 Å². The number of nitrogens with one attached hydrogen (secondary N) is 1. The molecule has 2 atom stereocenters. The lowest BCUT2D eigenvalue weighted by molar-refractivity contribution is 0.108. The van der Waals surface area contributed by atoms with Crippen LogP contribution in [0, 0.1) is 23.5 Å². The van der Waals surface area contributed by atoms with Crippen molar-refractivity contribution in [2.75, 3.05) is 12.4 Å². The molecule has 0 bridgehead atoms. The van der Waals surface area contributed by atoms with E-state index in [2.05, 4.69) is 10.3 Å². The van der Waals surface area contributed by atoms with Gasteiger partial charge in [0.1, 0.15) is 5.69 Å². The molecule has 100 valence electrons. The first-order valence-electron chi connectivity index (χ1n) is 5.52. The summed E-state index contributed by atoms with van der Waals surface area (Å²) in [6.45, 7) is 0. The second-order valence-corrected chi connectivity index (χ2v) is 4.21. The van der Waals surface area contributed by atoms with E-state index in [1.54, 1.807) is 7.11 Å². The van der Waals surface area contributed by atoms with E-state index in [1.807, 2.05) is 0 Å². The van der Waals surface area contributed by atoms with E-state index in [0.717, 1.165) is 6.42 Å². The van der Waals surface area contributed by atoms with Gasteiger partial charge in [0.15, 0.2) is 0 Å². The molecule has 0 radical (unpaired) electrons. The lowest BCUT2D eigenvalue weighted by Crippen LogP contribution is -2.20. The summed E-state index contributed by atoms with van der Waals surface area (Å²) in [5, 5.41) is 2.47. The fourth-order valence-electron chi connectivity index (χ4n) is 2.10. The maximum Gasteiger partial charge on any atom is 0.253 e. The van der Waals surface area contributed by atoms with E-state index in [4.69, 9.17) is 4.74 Å². The summed E-state index contributed by atoms with van der Waals surface area (Å²) in [5.41, 5.74) is -0.804. The molecule has 1 aliphatic carbocycles. The first-order valence-corrected chi connectivity index (χ1v) is 5.52. The molecule has 1 saturated carbocycles. The summed E-state index contributed by atoms with van der Waals surface area (Å²) in [5.74, 6) is -6.32. The average Bonchev–Trinajstić information content (AvgIpc) is 2.80. The van der Waals surface area contributed by atoms with E-state index in [1.165, 1.54) is 0 Å². The van der Waals surface area contributed by atoms with Gasteiger partial charge in [0.25, 0.3) is 11.9 Å². The van der Waals surface area contributed by atoms with E-state index in [-0.39, 0.29) is 12.1 Å². The van der Waals surface area contributed by atoms with E-state index in [0.29, 0.717) is 12.8 Å². The predicted octanol–water partition coefficient (Wildman–Crippen LogP) is 2.62. The van der Waals surface area contributed by atoms with Gasteiger partial charge in [-0.3, -0.25) is 0 Å². The Labute approximate surface area is 101 Å². The molecule has 0 aromatic carbocycles. The van der Waals surface area contributed by atoms with E-state index < -0.39 is 29.2 Å². The van der Waals surface area contributed by atoms with Crippen LogP contribution in [0.4, 0.5) is 23.2 Å². The van der Waals surface area contributed by atoms with Gasteiger partial charge in [-0.15, -0.1) is 0 Å². The van der Waals surface area contributed by atoms with Crippen molar-refractivity contribution in [1.82, 2.24) is 4.98 Å². The molecule has 18 heavy (non-hydrogen) atoms. The van der Waals surface area contributed by atoms with Crippen molar-refractivity contribution < 1.29 is 22.3 Å². The smallest absolute Gasteiger partial charge is 0.253 e. The minimum atomic E-state index is -1.65. The molecule has 2 rings (SSSR count). The topological polar surface area (TPSA) is 34.1 Å². The van der Waals surface area contributed by atoms with Crippen molar-refractivity contribution in [3.63, 3.8) is 0 Å². The predicted molar refractivity (Wildman–Crippen MR) is 56.1 cm³/mol. The Hall–Kier alpha value is -1.37. The number of rotatable bonds is 3. The lowest BCUT2D eigenvalue weighted by Gasteiger charge is -2.15. The van der Waals surface area contributed by atoms with Crippen molar-refractivity contribution in [1.29, 1.82) is 0 Å². The number of aromatic nitrogens is 1. The molecule has 2 unspecified atom stereocenters. The van der Waals surface area contributed by atoms with Gasteiger partial charge < -0.3 is 10.1 Å². The standard InChI is InChI=1S/C11H12F4N2O/c1-18-6-3-2-5(4-6)16-9-7(12)10(14)17-11(15)8(9)13/h5-6H,2-4H2,1H3,(H,16,17). The molecule has 1 N–H and O–H groups in total. The van der Waals surface area contributed by atoms with Gasteiger partial charge in [0.2, 0.25) is 11.6 Å². The maximum absolute atomic E-state index is 13.3. The third-order valence-electron chi connectivity index (χ3n) is 3.06. The van der Waals surface area contributed by atoms with Crippen LogP contribution in [0.5, 0.6) is 0 Å². The zero-order chi connectivity index (χ0) is 13.3. The number of halogens is 4. The molecule has 1 aliphatic rings. The first-order chi connectivity index (χ1) is 8.52. The summed E-state index contributed by atoms with van der Waals surface area (Å²) in [6, 6.07) is -0.278. The number of anilines is 1. The third kappa shape index (κ3) is 2.40. The Bertz CT molecular complexity index is 429. The highest BCUT2D eigenvalue weighted by molar-refractivity contribution is 5.46. The van der Waals surface area contributed by atoms with Crippen molar-refractivity contribution >= 4 is 5.69 Å². The van der Waals surface area contributed by atoms with Gasteiger partial charge in [-0.1, -0.05) is 0 Å². The molecule has 1 aromatic heterocycles. The third-order valence-corrected chi connectivity index (χ3v) is 3.06. The zero-order valence-corrected chi connectivity index (χ0v) is 9.64. The molecule has 0 aliphatic heterocycles. The summed E-state index contributed by atoms with van der Waals surface area (Å²) in [7, 11) is 1.54. The Morgan fingerprint density at radius 1 is 1.11 bits per heavy atom. The van der Waals surface area contributed by atoms with Crippen LogP contribution in [-0.2, 0) is 4.74 Å². The summed E-state index contributed by atoms with van der Waals surface area (Å²) >= 11 is 0. The van der Waals surface area contributed by atoms with E-state index in [9.17, 15) is 17.6 Å². The normalized spacial score (nSPS) is 23.4. The first kappa shape index (κ1) is 13.1. The molecule has 1 aromatic rings. The quantitative estimate of drug-likeness (QED) is 0.673. The summed E-state index contributed by atoms with van der Waals surface area (Å²) in [6.07, 6.45) is 1.86. The summed E-state index contributed by atoms with van der Waals surface area (Å²) in [4.78, 5) is 2.49. The zero-order valence-electron chi connectivity index (χ0n) is 9.64. The second-order valence-electron chi connectivity index (χ2n) is 4.21. The minimum Gasteiger partial charge on any atom is -0.381 e. The van der Waals surface area contributed by atoms with Crippen LogP contribution >= 0.6 is 0 Å². The molecule has 0 spiro atoms. The van der Waals surface area contributed by atoms with Gasteiger partial charge in [-0.25, -0.2) is 0 Å². The molecular weight excluding hydrogens is 252 g/mol. The highest BCUT2D eigenvalue weighted by atomic mass is 19.2. The molecule has 0 saturated heterocycles. The van der Waals surface area contributed by atoms with Crippen molar-refractivity contribution in [2.45, 2.75) is 31.4 Å².